The first-order valence-electron chi connectivity index (χ1n) is 14.3. The maximum absolute atomic E-state index is 14.4. The van der Waals surface area contributed by atoms with Crippen LogP contribution in [0.5, 0.6) is 0 Å². The molecule has 0 fully saturated rings. The molecule has 0 bridgehead atoms. The molecule has 1 rings (SSSR count). The maximum atomic E-state index is 14.4. The second-order valence-electron chi connectivity index (χ2n) is 12.6. The van der Waals surface area contributed by atoms with Crippen molar-refractivity contribution in [2.45, 2.75) is 132 Å². The molecule has 0 saturated carbocycles. The van der Waals surface area contributed by atoms with Crippen LogP contribution in [-0.2, 0) is 20.7 Å². The van der Waals surface area contributed by atoms with E-state index in [1.54, 1.807) is 25.7 Å². The smallest absolute Gasteiger partial charge is 0.408 e. The summed E-state index contributed by atoms with van der Waals surface area (Å²) in [6.45, 7) is 21.6. The van der Waals surface area contributed by atoms with Gasteiger partial charge in [0, 0.05) is 12.1 Å². The van der Waals surface area contributed by atoms with Crippen LogP contribution in [0.2, 0.25) is 0 Å². The molecule has 7 heteroatoms. The molecule has 3 atom stereocenters. The van der Waals surface area contributed by atoms with Crippen molar-refractivity contribution in [2.75, 3.05) is 0 Å². The second-order valence-corrected chi connectivity index (χ2v) is 12.6. The summed E-state index contributed by atoms with van der Waals surface area (Å²) < 4.78 is 5.49. The Morgan fingerprint density at radius 3 is 1.89 bits per heavy atom. The van der Waals surface area contributed by atoms with Gasteiger partial charge in [-0.3, -0.25) is 9.59 Å². The molecule has 2 N–H and O–H groups in total. The molecule has 3 amide bonds. The van der Waals surface area contributed by atoms with Crippen molar-refractivity contribution in [2.24, 2.45) is 11.8 Å². The lowest BCUT2D eigenvalue weighted by atomic mass is 9.94. The van der Waals surface area contributed by atoms with E-state index in [0.29, 0.717) is 12.3 Å². The molecule has 7 nitrogen and oxygen atoms in total. The zero-order valence-corrected chi connectivity index (χ0v) is 25.7. The number of nitrogens with one attached hydrogen (secondary N) is 2. The standard InChI is InChI=1S/C31H53N3O4/c1-12-24-15-17-25(18-16-24)27(28(35)32-22(6)7)34(23(8)14-13-20(2)3)29(36)26(19-21(4)5)33-30(37)38-31(9,10)11/h15-18,20-23,26-27H,12-14,19H2,1-11H3,(H,32,35)(H,33,37). The van der Waals surface area contributed by atoms with Crippen LogP contribution < -0.4 is 10.6 Å². The Balaban J connectivity index is 3.62. The molecular weight excluding hydrogens is 478 g/mol. The molecule has 0 aliphatic carbocycles. The van der Waals surface area contributed by atoms with E-state index < -0.39 is 23.8 Å². The molecule has 0 heterocycles. The van der Waals surface area contributed by atoms with E-state index in [4.69, 9.17) is 4.74 Å². The van der Waals surface area contributed by atoms with Gasteiger partial charge >= 0.3 is 6.09 Å². The van der Waals surface area contributed by atoms with Gasteiger partial charge in [-0.15, -0.1) is 0 Å². The lowest BCUT2D eigenvalue weighted by molar-refractivity contribution is -0.145. The number of ether oxygens (including phenoxy) is 1. The summed E-state index contributed by atoms with van der Waals surface area (Å²) in [7, 11) is 0. The first kappa shape index (κ1) is 33.5. The maximum Gasteiger partial charge on any atom is 0.408 e. The third kappa shape index (κ3) is 11.4. The lowest BCUT2D eigenvalue weighted by Gasteiger charge is -2.39. The predicted molar refractivity (Wildman–Crippen MR) is 155 cm³/mol. The highest BCUT2D eigenvalue weighted by Crippen LogP contribution is 2.29. The fourth-order valence-corrected chi connectivity index (χ4v) is 4.37. The van der Waals surface area contributed by atoms with Crippen LogP contribution in [0.4, 0.5) is 4.79 Å². The average Bonchev–Trinajstić information content (AvgIpc) is 2.78. The van der Waals surface area contributed by atoms with E-state index in [9.17, 15) is 14.4 Å². The summed E-state index contributed by atoms with van der Waals surface area (Å²) in [5, 5.41) is 5.86. The SMILES string of the molecule is CCc1ccc(C(C(=O)NC(C)C)N(C(=O)C(CC(C)C)NC(=O)OC(C)(C)C)C(C)CCC(C)C)cc1. The Hall–Kier alpha value is -2.57. The minimum Gasteiger partial charge on any atom is -0.444 e. The molecular formula is C31H53N3O4. The van der Waals surface area contributed by atoms with E-state index in [2.05, 4.69) is 31.4 Å². The topological polar surface area (TPSA) is 87.7 Å². The van der Waals surface area contributed by atoms with E-state index >= 15 is 0 Å². The van der Waals surface area contributed by atoms with Crippen molar-refractivity contribution >= 4 is 17.9 Å². The molecule has 38 heavy (non-hydrogen) atoms. The number of aryl methyl sites for hydroxylation is 1. The largest absolute Gasteiger partial charge is 0.444 e. The molecule has 0 aliphatic rings. The van der Waals surface area contributed by atoms with Gasteiger partial charge in [0.1, 0.15) is 17.7 Å². The highest BCUT2D eigenvalue weighted by atomic mass is 16.6. The summed E-state index contributed by atoms with van der Waals surface area (Å²) in [4.78, 5) is 42.6. The number of hydrogen-bond donors (Lipinski definition) is 2. The molecule has 1 aromatic rings. The van der Waals surface area contributed by atoms with Gasteiger partial charge < -0.3 is 20.3 Å². The van der Waals surface area contributed by atoms with E-state index in [-0.39, 0.29) is 29.8 Å². The Bertz CT molecular complexity index is 887. The van der Waals surface area contributed by atoms with Crippen molar-refractivity contribution in [3.05, 3.63) is 35.4 Å². The highest BCUT2D eigenvalue weighted by molar-refractivity contribution is 5.92. The molecule has 0 spiro atoms. The van der Waals surface area contributed by atoms with Crippen LogP contribution in [0, 0.1) is 11.8 Å². The minimum absolute atomic E-state index is 0.0887. The van der Waals surface area contributed by atoms with Crippen molar-refractivity contribution in [3.8, 4) is 0 Å². The predicted octanol–water partition coefficient (Wildman–Crippen LogP) is 6.41. The summed E-state index contributed by atoms with van der Waals surface area (Å²) in [5.41, 5.74) is 1.22. The van der Waals surface area contributed by atoms with Crippen molar-refractivity contribution in [1.29, 1.82) is 0 Å². The number of rotatable bonds is 13. The summed E-state index contributed by atoms with van der Waals surface area (Å²) in [6.07, 6.45) is 2.32. The number of carbonyl (C=O) groups is 3. The Morgan fingerprint density at radius 2 is 1.45 bits per heavy atom. The molecule has 1 aromatic carbocycles. The summed E-state index contributed by atoms with van der Waals surface area (Å²) in [6, 6.07) is 5.94. The van der Waals surface area contributed by atoms with Crippen LogP contribution >= 0.6 is 0 Å². The zero-order valence-electron chi connectivity index (χ0n) is 25.7. The van der Waals surface area contributed by atoms with Crippen LogP contribution in [0.3, 0.4) is 0 Å². The number of hydrogen-bond acceptors (Lipinski definition) is 4. The molecule has 0 aliphatic heterocycles. The first-order chi connectivity index (χ1) is 17.5. The average molecular weight is 532 g/mol. The van der Waals surface area contributed by atoms with Gasteiger partial charge in [-0.2, -0.15) is 0 Å². The number of amides is 3. The van der Waals surface area contributed by atoms with Crippen LogP contribution in [-0.4, -0.2) is 46.5 Å². The van der Waals surface area contributed by atoms with Gasteiger partial charge in [-0.1, -0.05) is 58.9 Å². The second kappa shape index (κ2) is 15.1. The number of nitrogens with zero attached hydrogens (tertiary/aromatic N) is 1. The first-order valence-corrected chi connectivity index (χ1v) is 14.3. The van der Waals surface area contributed by atoms with E-state index in [1.165, 1.54) is 0 Å². The van der Waals surface area contributed by atoms with Crippen molar-refractivity contribution in [3.63, 3.8) is 0 Å². The third-order valence-electron chi connectivity index (χ3n) is 6.25. The van der Waals surface area contributed by atoms with Gasteiger partial charge in [0.15, 0.2) is 0 Å². The quantitative estimate of drug-likeness (QED) is 0.308. The Kier molecular flexibility index (Phi) is 13.3. The Labute approximate surface area is 231 Å². The number of carbonyl (C=O) groups excluding carboxylic acids is 3. The van der Waals surface area contributed by atoms with E-state index in [0.717, 1.165) is 30.4 Å². The third-order valence-corrected chi connectivity index (χ3v) is 6.25. The van der Waals surface area contributed by atoms with Gasteiger partial charge in [-0.05, 0) is 90.2 Å². The molecule has 0 aromatic heterocycles. The fourth-order valence-electron chi connectivity index (χ4n) is 4.37. The van der Waals surface area contributed by atoms with Gasteiger partial charge in [0.2, 0.25) is 11.8 Å². The molecule has 216 valence electrons. The Morgan fingerprint density at radius 1 is 0.868 bits per heavy atom. The molecule has 0 radical (unpaired) electrons. The van der Waals surface area contributed by atoms with Crippen molar-refractivity contribution in [1.82, 2.24) is 15.5 Å². The minimum atomic E-state index is -0.826. The van der Waals surface area contributed by atoms with Crippen LogP contribution in [0.15, 0.2) is 24.3 Å². The zero-order chi connectivity index (χ0) is 29.2. The van der Waals surface area contributed by atoms with Crippen molar-refractivity contribution < 1.29 is 19.1 Å². The normalized spacial score (nSPS) is 14.3. The summed E-state index contributed by atoms with van der Waals surface area (Å²) >= 11 is 0. The lowest BCUT2D eigenvalue weighted by Crippen LogP contribution is -2.56. The summed E-state index contributed by atoms with van der Waals surface area (Å²) in [5.74, 6) is 0.0878. The highest BCUT2D eigenvalue weighted by Gasteiger charge is 2.39. The molecule has 3 unspecified atom stereocenters. The number of alkyl carbamates (subject to hydrolysis) is 1. The monoisotopic (exact) mass is 531 g/mol. The van der Waals surface area contributed by atoms with Crippen LogP contribution in [0.25, 0.3) is 0 Å². The molecule has 0 saturated heterocycles. The van der Waals surface area contributed by atoms with Crippen LogP contribution in [0.1, 0.15) is 113 Å². The number of benzene rings is 1. The van der Waals surface area contributed by atoms with E-state index in [1.807, 2.05) is 58.9 Å². The fraction of sp³-hybridized carbons (Fsp3) is 0.710. The van der Waals surface area contributed by atoms with Gasteiger partial charge in [-0.25, -0.2) is 4.79 Å². The van der Waals surface area contributed by atoms with Gasteiger partial charge in [0.25, 0.3) is 0 Å². The van der Waals surface area contributed by atoms with Gasteiger partial charge in [0.05, 0.1) is 0 Å².